The number of rotatable bonds is 5. The summed E-state index contributed by atoms with van der Waals surface area (Å²) in [7, 11) is 0. The average Bonchev–Trinajstić information content (AvgIpc) is 2.35. The van der Waals surface area contributed by atoms with Crippen molar-refractivity contribution in [3.63, 3.8) is 0 Å². The molecule has 1 N–H and O–H groups in total. The molecular formula is C20H33N. The van der Waals surface area contributed by atoms with Crippen molar-refractivity contribution in [1.29, 1.82) is 0 Å². The first-order valence-corrected chi connectivity index (χ1v) is 8.55. The molecule has 21 heavy (non-hydrogen) atoms. The summed E-state index contributed by atoms with van der Waals surface area (Å²) >= 11 is 0. The van der Waals surface area contributed by atoms with Crippen LogP contribution in [0.5, 0.6) is 0 Å². The highest BCUT2D eigenvalue weighted by molar-refractivity contribution is 5.34. The maximum atomic E-state index is 3.69. The van der Waals surface area contributed by atoms with Gasteiger partial charge in [0.05, 0.1) is 0 Å². The number of benzene rings is 1. The molecule has 0 heterocycles. The van der Waals surface area contributed by atoms with Crippen LogP contribution in [0, 0.1) is 11.8 Å². The molecule has 1 aliphatic carbocycles. The van der Waals surface area contributed by atoms with Gasteiger partial charge in [-0.3, -0.25) is 0 Å². The van der Waals surface area contributed by atoms with E-state index in [2.05, 4.69) is 71.1 Å². The third-order valence-corrected chi connectivity index (χ3v) is 4.86. The normalized spacial score (nSPS) is 26.0. The second kappa shape index (κ2) is 6.12. The molecule has 1 heteroatoms. The van der Waals surface area contributed by atoms with Crippen LogP contribution in [0.3, 0.4) is 0 Å². The Morgan fingerprint density at radius 3 is 2.14 bits per heavy atom. The smallest absolute Gasteiger partial charge is 0.00828 e. The van der Waals surface area contributed by atoms with E-state index >= 15 is 0 Å². The van der Waals surface area contributed by atoms with Crippen molar-refractivity contribution < 1.29 is 0 Å². The van der Waals surface area contributed by atoms with E-state index in [1.807, 2.05) is 0 Å². The zero-order chi connectivity index (χ0) is 15.7. The van der Waals surface area contributed by atoms with Gasteiger partial charge >= 0.3 is 0 Å². The van der Waals surface area contributed by atoms with E-state index in [0.29, 0.717) is 5.41 Å². The number of hydrogen-bond acceptors (Lipinski definition) is 1. The lowest BCUT2D eigenvalue weighted by atomic mass is 9.59. The summed E-state index contributed by atoms with van der Waals surface area (Å²) in [6, 6.07) is 9.43. The van der Waals surface area contributed by atoms with Gasteiger partial charge in [0.2, 0.25) is 0 Å². The van der Waals surface area contributed by atoms with E-state index in [-0.39, 0.29) is 5.41 Å². The average molecular weight is 287 g/mol. The third-order valence-electron chi connectivity index (χ3n) is 4.86. The van der Waals surface area contributed by atoms with Crippen LogP contribution < -0.4 is 5.32 Å². The Labute approximate surface area is 131 Å². The molecule has 0 aliphatic heterocycles. The quantitative estimate of drug-likeness (QED) is 0.812. The SMILES string of the molecule is CC(C)CNCC1(c2ccc(C(C)(C)C)cc2)CC(C)C1. The van der Waals surface area contributed by atoms with Gasteiger partial charge in [0, 0.05) is 12.0 Å². The van der Waals surface area contributed by atoms with Crippen LogP contribution in [-0.2, 0) is 10.8 Å². The van der Waals surface area contributed by atoms with Crippen LogP contribution in [0.25, 0.3) is 0 Å². The topological polar surface area (TPSA) is 12.0 Å². The van der Waals surface area contributed by atoms with Crippen molar-refractivity contribution in [3.8, 4) is 0 Å². The lowest BCUT2D eigenvalue weighted by molar-refractivity contribution is 0.151. The maximum Gasteiger partial charge on any atom is 0.00828 e. The van der Waals surface area contributed by atoms with E-state index < -0.39 is 0 Å². The molecule has 0 saturated heterocycles. The Bertz CT molecular complexity index is 444. The van der Waals surface area contributed by atoms with Crippen LogP contribution in [0.1, 0.15) is 65.5 Å². The van der Waals surface area contributed by atoms with Crippen molar-refractivity contribution in [1.82, 2.24) is 5.32 Å². The Balaban J connectivity index is 2.11. The summed E-state index contributed by atoms with van der Waals surface area (Å²) < 4.78 is 0. The minimum atomic E-state index is 0.245. The van der Waals surface area contributed by atoms with Gasteiger partial charge in [0.15, 0.2) is 0 Å². The fraction of sp³-hybridized carbons (Fsp3) is 0.700. The lowest BCUT2D eigenvalue weighted by Gasteiger charge is -2.47. The van der Waals surface area contributed by atoms with Gasteiger partial charge in [-0.2, -0.15) is 0 Å². The van der Waals surface area contributed by atoms with Crippen molar-refractivity contribution in [2.75, 3.05) is 13.1 Å². The fourth-order valence-corrected chi connectivity index (χ4v) is 3.68. The number of hydrogen-bond donors (Lipinski definition) is 1. The predicted octanol–water partition coefficient (Wildman–Crippen LogP) is 4.90. The van der Waals surface area contributed by atoms with Gasteiger partial charge in [-0.1, -0.05) is 65.8 Å². The maximum absolute atomic E-state index is 3.69. The number of nitrogens with one attached hydrogen (secondary N) is 1. The Morgan fingerprint density at radius 1 is 1.14 bits per heavy atom. The molecule has 0 spiro atoms. The summed E-state index contributed by atoms with van der Waals surface area (Å²) in [5, 5.41) is 3.69. The predicted molar refractivity (Wildman–Crippen MR) is 92.9 cm³/mol. The van der Waals surface area contributed by atoms with Gasteiger partial charge in [0.1, 0.15) is 0 Å². The van der Waals surface area contributed by atoms with Gasteiger partial charge in [0.25, 0.3) is 0 Å². The molecule has 0 atom stereocenters. The molecule has 1 fully saturated rings. The van der Waals surface area contributed by atoms with Crippen LogP contribution in [0.2, 0.25) is 0 Å². The summed E-state index contributed by atoms with van der Waals surface area (Å²) in [6.45, 7) is 16.0. The van der Waals surface area contributed by atoms with Crippen LogP contribution in [0.15, 0.2) is 24.3 Å². The highest BCUT2D eigenvalue weighted by Gasteiger charge is 2.42. The van der Waals surface area contributed by atoms with E-state index in [1.165, 1.54) is 24.0 Å². The summed E-state index contributed by atoms with van der Waals surface area (Å²) in [5.41, 5.74) is 3.59. The first-order valence-electron chi connectivity index (χ1n) is 8.55. The summed E-state index contributed by atoms with van der Waals surface area (Å²) in [6.07, 6.45) is 2.65. The lowest BCUT2D eigenvalue weighted by Crippen LogP contribution is -2.48. The zero-order valence-corrected chi connectivity index (χ0v) is 14.8. The van der Waals surface area contributed by atoms with Crippen molar-refractivity contribution >= 4 is 0 Å². The molecule has 2 rings (SSSR count). The molecule has 0 aromatic heterocycles. The minimum Gasteiger partial charge on any atom is -0.316 e. The van der Waals surface area contributed by atoms with Crippen molar-refractivity contribution in [2.45, 2.75) is 65.2 Å². The molecule has 0 bridgehead atoms. The molecule has 118 valence electrons. The zero-order valence-electron chi connectivity index (χ0n) is 14.8. The van der Waals surface area contributed by atoms with E-state index in [9.17, 15) is 0 Å². The molecular weight excluding hydrogens is 254 g/mol. The Morgan fingerprint density at radius 2 is 1.71 bits per heavy atom. The van der Waals surface area contributed by atoms with Gasteiger partial charge < -0.3 is 5.32 Å². The molecule has 0 unspecified atom stereocenters. The Kier molecular flexibility index (Phi) is 4.82. The highest BCUT2D eigenvalue weighted by atomic mass is 14.9. The third kappa shape index (κ3) is 3.88. The van der Waals surface area contributed by atoms with E-state index in [1.54, 1.807) is 0 Å². The summed E-state index contributed by atoms with van der Waals surface area (Å²) in [5.74, 6) is 1.59. The monoisotopic (exact) mass is 287 g/mol. The molecule has 0 amide bonds. The van der Waals surface area contributed by atoms with Crippen LogP contribution in [-0.4, -0.2) is 13.1 Å². The van der Waals surface area contributed by atoms with E-state index in [4.69, 9.17) is 0 Å². The Hall–Kier alpha value is -0.820. The minimum absolute atomic E-state index is 0.245. The van der Waals surface area contributed by atoms with Crippen LogP contribution >= 0.6 is 0 Å². The van der Waals surface area contributed by atoms with Gasteiger partial charge in [-0.25, -0.2) is 0 Å². The fourth-order valence-electron chi connectivity index (χ4n) is 3.68. The molecule has 0 radical (unpaired) electrons. The van der Waals surface area contributed by atoms with E-state index in [0.717, 1.165) is 24.9 Å². The first-order chi connectivity index (χ1) is 9.73. The van der Waals surface area contributed by atoms with Gasteiger partial charge in [-0.05, 0) is 47.8 Å². The molecule has 1 aromatic rings. The molecule has 1 aliphatic rings. The largest absolute Gasteiger partial charge is 0.316 e. The summed E-state index contributed by atoms with van der Waals surface area (Å²) in [4.78, 5) is 0. The first kappa shape index (κ1) is 16.5. The second-order valence-electron chi connectivity index (χ2n) is 8.65. The highest BCUT2D eigenvalue weighted by Crippen LogP contribution is 2.47. The standard InChI is InChI=1S/C20H33N/c1-15(2)13-21-14-20(11-16(3)12-20)18-9-7-17(8-10-18)19(4,5)6/h7-10,15-16,21H,11-14H2,1-6H3. The van der Waals surface area contributed by atoms with Crippen molar-refractivity contribution in [2.24, 2.45) is 11.8 Å². The van der Waals surface area contributed by atoms with Crippen LogP contribution in [0.4, 0.5) is 0 Å². The van der Waals surface area contributed by atoms with Crippen molar-refractivity contribution in [3.05, 3.63) is 35.4 Å². The molecule has 1 nitrogen and oxygen atoms in total. The molecule has 1 saturated carbocycles. The second-order valence-corrected chi connectivity index (χ2v) is 8.65. The van der Waals surface area contributed by atoms with Gasteiger partial charge in [-0.15, -0.1) is 0 Å². The molecule has 1 aromatic carbocycles.